The van der Waals surface area contributed by atoms with Crippen molar-refractivity contribution in [3.8, 4) is 0 Å². The third-order valence-corrected chi connectivity index (χ3v) is 2.79. The van der Waals surface area contributed by atoms with Crippen molar-refractivity contribution >= 4 is 0 Å². The largest absolute Gasteiger partial charge is 0.498 e. The van der Waals surface area contributed by atoms with E-state index in [0.29, 0.717) is 13.2 Å². The molecule has 0 aliphatic heterocycles. The molecule has 0 heterocycles. The highest BCUT2D eigenvalue weighted by Gasteiger charge is 1.89. The van der Waals surface area contributed by atoms with Crippen LogP contribution in [0.15, 0.2) is 12.5 Å². The fourth-order valence-corrected chi connectivity index (χ4v) is 1.65. The van der Waals surface area contributed by atoms with Crippen molar-refractivity contribution in [3.63, 3.8) is 0 Å². The minimum atomic E-state index is 0.698. The highest BCUT2D eigenvalue weighted by atomic mass is 16.5. The van der Waals surface area contributed by atoms with E-state index in [1.165, 1.54) is 57.8 Å². The Bertz CT molecular complexity index is 139. The van der Waals surface area contributed by atoms with Crippen LogP contribution in [0, 0.1) is 0 Å². The van der Waals surface area contributed by atoms with Gasteiger partial charge >= 0.3 is 0 Å². The summed E-state index contributed by atoms with van der Waals surface area (Å²) in [7, 11) is 0. The minimum Gasteiger partial charge on any atom is -0.498 e. The van der Waals surface area contributed by atoms with E-state index in [-0.39, 0.29) is 0 Å². The highest BCUT2D eigenvalue weighted by Crippen LogP contribution is 2.08. The lowest BCUT2D eigenvalue weighted by Gasteiger charge is -1.98. The average Bonchev–Trinajstić information content (AvgIpc) is 2.44. The van der Waals surface area contributed by atoms with Gasteiger partial charge < -0.3 is 9.47 Å². The molecule has 0 fully saturated rings. The van der Waals surface area contributed by atoms with Crippen LogP contribution in [-0.2, 0) is 9.47 Å². The lowest BCUT2D eigenvalue weighted by atomic mass is 10.1. The summed E-state index contributed by atoms with van der Waals surface area (Å²) >= 11 is 0. The van der Waals surface area contributed by atoms with Crippen molar-refractivity contribution in [1.29, 1.82) is 0 Å². The summed E-state index contributed by atoms with van der Waals surface area (Å²) in [6.07, 6.45) is 16.0. The summed E-state index contributed by atoms with van der Waals surface area (Å²) in [5.41, 5.74) is 0. The Hall–Kier alpha value is -0.660. The van der Waals surface area contributed by atoms with Crippen molar-refractivity contribution in [2.24, 2.45) is 0 Å². The fourth-order valence-electron chi connectivity index (χ4n) is 1.65. The molecule has 2 nitrogen and oxygen atoms in total. The maximum absolute atomic E-state index is 4.83. The van der Waals surface area contributed by atoms with Gasteiger partial charge in [0.05, 0.1) is 13.2 Å². The Kier molecular flexibility index (Phi) is 24.5. The van der Waals surface area contributed by atoms with Crippen LogP contribution in [-0.4, -0.2) is 13.2 Å². The van der Waals surface area contributed by atoms with E-state index in [0.717, 1.165) is 0 Å². The van der Waals surface area contributed by atoms with Crippen molar-refractivity contribution in [3.05, 3.63) is 12.5 Å². The van der Waals surface area contributed by atoms with Gasteiger partial charge in [-0.25, -0.2) is 0 Å². The van der Waals surface area contributed by atoms with Crippen LogP contribution in [0.5, 0.6) is 0 Å². The summed E-state index contributed by atoms with van der Waals surface area (Å²) < 4.78 is 9.66. The molecule has 0 unspecified atom stereocenters. The highest BCUT2D eigenvalue weighted by molar-refractivity contribution is 4.59. The van der Waals surface area contributed by atoms with Crippen molar-refractivity contribution in [2.45, 2.75) is 85.5 Å². The smallest absolute Gasteiger partial charge is 0.117 e. The third kappa shape index (κ3) is 26.8. The first-order chi connectivity index (χ1) is 9.33. The SMILES string of the molecule is CCCCCCCCCCC.CCOC=COCC. The number of unbranched alkanes of at least 4 members (excludes halogenated alkanes) is 8. The lowest BCUT2D eigenvalue weighted by Crippen LogP contribution is -1.80. The molecule has 19 heavy (non-hydrogen) atoms. The van der Waals surface area contributed by atoms with Gasteiger partial charge in [-0.05, 0) is 13.8 Å². The summed E-state index contributed by atoms with van der Waals surface area (Å²) in [5, 5.41) is 0. The molecule has 0 spiro atoms. The van der Waals surface area contributed by atoms with Gasteiger partial charge in [0, 0.05) is 0 Å². The minimum absolute atomic E-state index is 0.698. The number of hydrogen-bond acceptors (Lipinski definition) is 2. The van der Waals surface area contributed by atoms with Crippen molar-refractivity contribution < 1.29 is 9.47 Å². The van der Waals surface area contributed by atoms with Gasteiger partial charge in [-0.1, -0.05) is 71.6 Å². The summed E-state index contributed by atoms with van der Waals surface area (Å²) in [5.74, 6) is 0. The molecule has 0 aliphatic carbocycles. The van der Waals surface area contributed by atoms with Gasteiger partial charge in [0.15, 0.2) is 0 Å². The molecule has 0 saturated heterocycles. The normalized spacial score (nSPS) is 10.1. The van der Waals surface area contributed by atoms with E-state index in [9.17, 15) is 0 Å². The monoisotopic (exact) mass is 272 g/mol. The zero-order valence-electron chi connectivity index (χ0n) is 13.7. The Labute approximate surface area is 121 Å². The van der Waals surface area contributed by atoms with Gasteiger partial charge in [0.1, 0.15) is 12.5 Å². The van der Waals surface area contributed by atoms with Crippen LogP contribution >= 0.6 is 0 Å². The first-order valence-electron chi connectivity index (χ1n) is 8.21. The second-order valence-corrected chi connectivity index (χ2v) is 4.66. The third-order valence-electron chi connectivity index (χ3n) is 2.79. The molecular formula is C17H36O2. The quantitative estimate of drug-likeness (QED) is 0.317. The number of ether oxygens (including phenoxy) is 2. The Morgan fingerprint density at radius 2 is 0.842 bits per heavy atom. The molecule has 0 aliphatic rings. The summed E-state index contributed by atoms with van der Waals surface area (Å²) in [6, 6.07) is 0. The van der Waals surface area contributed by atoms with Gasteiger partial charge in [-0.15, -0.1) is 0 Å². The van der Waals surface area contributed by atoms with Crippen molar-refractivity contribution in [1.82, 2.24) is 0 Å². The molecule has 0 saturated carbocycles. The molecule has 0 radical (unpaired) electrons. The van der Waals surface area contributed by atoms with Crippen LogP contribution in [0.25, 0.3) is 0 Å². The van der Waals surface area contributed by atoms with Gasteiger partial charge in [-0.3, -0.25) is 0 Å². The van der Waals surface area contributed by atoms with E-state index in [4.69, 9.17) is 9.47 Å². The zero-order chi connectivity index (χ0) is 14.6. The van der Waals surface area contributed by atoms with E-state index in [2.05, 4.69) is 13.8 Å². The maximum atomic E-state index is 4.83. The molecule has 0 atom stereocenters. The second-order valence-electron chi connectivity index (χ2n) is 4.66. The maximum Gasteiger partial charge on any atom is 0.117 e. The second kappa shape index (κ2) is 22.5. The van der Waals surface area contributed by atoms with Gasteiger partial charge in [-0.2, -0.15) is 0 Å². The molecule has 116 valence electrons. The number of hydrogen-bond donors (Lipinski definition) is 0. The molecule has 2 heteroatoms. The van der Waals surface area contributed by atoms with E-state index >= 15 is 0 Å². The van der Waals surface area contributed by atoms with Crippen LogP contribution in [0.1, 0.15) is 85.5 Å². The van der Waals surface area contributed by atoms with E-state index in [1.807, 2.05) is 13.8 Å². The van der Waals surface area contributed by atoms with E-state index in [1.54, 1.807) is 12.5 Å². The molecule has 0 aromatic rings. The topological polar surface area (TPSA) is 18.5 Å². The Balaban J connectivity index is 0. The van der Waals surface area contributed by atoms with E-state index < -0.39 is 0 Å². The molecular weight excluding hydrogens is 236 g/mol. The van der Waals surface area contributed by atoms with Gasteiger partial charge in [0.2, 0.25) is 0 Å². The standard InChI is InChI=1S/C11H24.C6H12O2/c1-3-5-7-9-11-10-8-6-4-2;1-3-7-5-6-8-4-2/h3-11H2,1-2H3;5-6H,3-4H2,1-2H3. The predicted molar refractivity (Wildman–Crippen MR) is 85.3 cm³/mol. The lowest BCUT2D eigenvalue weighted by molar-refractivity contribution is 0.221. The summed E-state index contributed by atoms with van der Waals surface area (Å²) in [4.78, 5) is 0. The molecule has 0 amide bonds. The van der Waals surface area contributed by atoms with Gasteiger partial charge in [0.25, 0.3) is 0 Å². The molecule has 0 rings (SSSR count). The number of rotatable bonds is 12. The summed E-state index contributed by atoms with van der Waals surface area (Å²) in [6.45, 7) is 9.80. The molecule has 0 aromatic carbocycles. The Morgan fingerprint density at radius 1 is 0.526 bits per heavy atom. The Morgan fingerprint density at radius 3 is 1.11 bits per heavy atom. The van der Waals surface area contributed by atoms with Crippen LogP contribution in [0.3, 0.4) is 0 Å². The first kappa shape index (κ1) is 20.7. The fraction of sp³-hybridized carbons (Fsp3) is 0.882. The predicted octanol–water partition coefficient (Wildman–Crippen LogP) is 6.07. The molecule has 0 bridgehead atoms. The first-order valence-corrected chi connectivity index (χ1v) is 8.21. The molecule has 0 aromatic heterocycles. The van der Waals surface area contributed by atoms with Crippen LogP contribution < -0.4 is 0 Å². The van der Waals surface area contributed by atoms with Crippen LogP contribution in [0.4, 0.5) is 0 Å². The van der Waals surface area contributed by atoms with Crippen LogP contribution in [0.2, 0.25) is 0 Å². The zero-order valence-corrected chi connectivity index (χ0v) is 13.7. The molecule has 0 N–H and O–H groups in total. The average molecular weight is 272 g/mol. The van der Waals surface area contributed by atoms with Crippen molar-refractivity contribution in [2.75, 3.05) is 13.2 Å².